The SMILES string of the molecule is Cc1ccc(NC(=O)NC2(c3ccc(Br)cc3)CCC2)c(OCC(=O)N(C)C)c1. The molecule has 6 nitrogen and oxygen atoms in total. The normalized spacial score (nSPS) is 14.5. The second-order valence-electron chi connectivity index (χ2n) is 7.60. The van der Waals surface area contributed by atoms with Gasteiger partial charge in [-0.1, -0.05) is 34.1 Å². The number of nitrogens with zero attached hydrogens (tertiary/aromatic N) is 1. The van der Waals surface area contributed by atoms with Crippen LogP contribution in [0.3, 0.4) is 0 Å². The number of halogens is 1. The van der Waals surface area contributed by atoms with Gasteiger partial charge in [-0.3, -0.25) is 4.79 Å². The molecule has 0 aliphatic heterocycles. The Hall–Kier alpha value is -2.54. The molecule has 7 heteroatoms. The molecule has 0 saturated heterocycles. The van der Waals surface area contributed by atoms with E-state index in [0.717, 1.165) is 34.9 Å². The zero-order chi connectivity index (χ0) is 21.0. The lowest BCUT2D eigenvalue weighted by Gasteiger charge is -2.43. The molecule has 0 spiro atoms. The maximum Gasteiger partial charge on any atom is 0.320 e. The van der Waals surface area contributed by atoms with Gasteiger partial charge in [0.1, 0.15) is 5.75 Å². The van der Waals surface area contributed by atoms with E-state index in [9.17, 15) is 9.59 Å². The van der Waals surface area contributed by atoms with Gasteiger partial charge < -0.3 is 20.3 Å². The minimum absolute atomic E-state index is 0.0877. The monoisotopic (exact) mass is 459 g/mol. The number of aryl methyl sites for hydroxylation is 1. The number of carbonyl (C=O) groups excluding carboxylic acids is 2. The minimum Gasteiger partial charge on any atom is -0.482 e. The van der Waals surface area contributed by atoms with Crippen molar-refractivity contribution in [1.29, 1.82) is 0 Å². The van der Waals surface area contributed by atoms with Gasteiger partial charge in [-0.25, -0.2) is 4.79 Å². The van der Waals surface area contributed by atoms with Crippen LogP contribution in [0.25, 0.3) is 0 Å². The molecule has 2 aromatic carbocycles. The summed E-state index contributed by atoms with van der Waals surface area (Å²) in [6.07, 6.45) is 2.87. The molecule has 0 radical (unpaired) electrons. The van der Waals surface area contributed by atoms with Gasteiger partial charge in [-0.05, 0) is 61.6 Å². The summed E-state index contributed by atoms with van der Waals surface area (Å²) in [7, 11) is 3.35. The zero-order valence-corrected chi connectivity index (χ0v) is 18.5. The third-order valence-electron chi connectivity index (χ3n) is 5.19. The van der Waals surface area contributed by atoms with E-state index in [2.05, 4.69) is 26.6 Å². The van der Waals surface area contributed by atoms with Crippen molar-refractivity contribution >= 4 is 33.6 Å². The summed E-state index contributed by atoms with van der Waals surface area (Å²) in [5.41, 5.74) is 2.26. The fraction of sp³-hybridized carbons (Fsp3) is 0.364. The Morgan fingerprint density at radius 2 is 1.83 bits per heavy atom. The van der Waals surface area contributed by atoms with Crippen LogP contribution in [0.5, 0.6) is 5.75 Å². The van der Waals surface area contributed by atoms with Crippen LogP contribution in [0.1, 0.15) is 30.4 Å². The van der Waals surface area contributed by atoms with Gasteiger partial charge in [-0.2, -0.15) is 0 Å². The van der Waals surface area contributed by atoms with E-state index in [4.69, 9.17) is 4.74 Å². The maximum absolute atomic E-state index is 12.8. The topological polar surface area (TPSA) is 70.7 Å². The maximum atomic E-state index is 12.8. The molecule has 29 heavy (non-hydrogen) atoms. The first-order valence-electron chi connectivity index (χ1n) is 9.58. The van der Waals surface area contributed by atoms with E-state index in [1.54, 1.807) is 20.2 Å². The number of nitrogens with one attached hydrogen (secondary N) is 2. The molecule has 2 N–H and O–H groups in total. The Kier molecular flexibility index (Phi) is 6.47. The number of hydrogen-bond acceptors (Lipinski definition) is 3. The zero-order valence-electron chi connectivity index (χ0n) is 16.9. The first-order chi connectivity index (χ1) is 13.8. The molecule has 0 atom stereocenters. The van der Waals surface area contributed by atoms with E-state index >= 15 is 0 Å². The summed E-state index contributed by atoms with van der Waals surface area (Å²) in [4.78, 5) is 26.1. The van der Waals surface area contributed by atoms with Crippen molar-refractivity contribution in [2.24, 2.45) is 0 Å². The fourth-order valence-corrected chi connectivity index (χ4v) is 3.54. The van der Waals surface area contributed by atoms with Gasteiger partial charge in [0.05, 0.1) is 11.2 Å². The number of urea groups is 1. The second-order valence-corrected chi connectivity index (χ2v) is 8.51. The van der Waals surface area contributed by atoms with E-state index < -0.39 is 0 Å². The highest BCUT2D eigenvalue weighted by molar-refractivity contribution is 9.10. The Morgan fingerprint density at radius 3 is 2.41 bits per heavy atom. The summed E-state index contributed by atoms with van der Waals surface area (Å²) in [6.45, 7) is 1.84. The lowest BCUT2D eigenvalue weighted by atomic mass is 9.72. The van der Waals surface area contributed by atoms with Gasteiger partial charge in [0.15, 0.2) is 6.61 Å². The van der Waals surface area contributed by atoms with Crippen molar-refractivity contribution in [3.05, 3.63) is 58.1 Å². The highest BCUT2D eigenvalue weighted by atomic mass is 79.9. The number of benzene rings is 2. The molecule has 1 aliphatic carbocycles. The van der Waals surface area contributed by atoms with Gasteiger partial charge >= 0.3 is 6.03 Å². The quantitative estimate of drug-likeness (QED) is 0.671. The van der Waals surface area contributed by atoms with Crippen LogP contribution >= 0.6 is 15.9 Å². The van der Waals surface area contributed by atoms with Gasteiger partial charge in [-0.15, -0.1) is 0 Å². The van der Waals surface area contributed by atoms with Crippen molar-refractivity contribution < 1.29 is 14.3 Å². The first kappa shape index (κ1) is 21.2. The Bertz CT molecular complexity index is 893. The fourth-order valence-electron chi connectivity index (χ4n) is 3.28. The van der Waals surface area contributed by atoms with Crippen molar-refractivity contribution in [1.82, 2.24) is 10.2 Å². The standard InChI is InChI=1S/C22H26BrN3O3/c1-15-5-10-18(19(13-15)29-14-20(27)26(2)3)24-21(28)25-22(11-4-12-22)16-6-8-17(23)9-7-16/h5-10,13H,4,11-12,14H2,1-3H3,(H2,24,25,28). The molecule has 1 fully saturated rings. The highest BCUT2D eigenvalue weighted by Crippen LogP contribution is 2.41. The molecule has 2 aromatic rings. The van der Waals surface area contributed by atoms with Crippen LogP contribution in [0, 0.1) is 6.92 Å². The third-order valence-corrected chi connectivity index (χ3v) is 5.72. The molecular weight excluding hydrogens is 434 g/mol. The van der Waals surface area contributed by atoms with Crippen LogP contribution in [-0.2, 0) is 10.3 Å². The van der Waals surface area contributed by atoms with Crippen molar-refractivity contribution in [2.45, 2.75) is 31.7 Å². The van der Waals surface area contributed by atoms with Crippen LogP contribution in [-0.4, -0.2) is 37.5 Å². The van der Waals surface area contributed by atoms with E-state index in [0.29, 0.717) is 11.4 Å². The lowest BCUT2D eigenvalue weighted by Crippen LogP contribution is -2.52. The van der Waals surface area contributed by atoms with Crippen molar-refractivity contribution in [3.8, 4) is 5.75 Å². The summed E-state index contributed by atoms with van der Waals surface area (Å²) < 4.78 is 6.68. The first-order valence-corrected chi connectivity index (χ1v) is 10.4. The molecule has 1 aliphatic rings. The van der Waals surface area contributed by atoms with Gasteiger partial charge in [0, 0.05) is 18.6 Å². The smallest absolute Gasteiger partial charge is 0.320 e. The van der Waals surface area contributed by atoms with Crippen molar-refractivity contribution in [2.75, 3.05) is 26.0 Å². The molecule has 3 rings (SSSR count). The molecule has 3 amide bonds. The lowest BCUT2D eigenvalue weighted by molar-refractivity contribution is -0.130. The minimum atomic E-state index is -0.350. The van der Waals surface area contributed by atoms with Crippen molar-refractivity contribution in [3.63, 3.8) is 0 Å². The number of ether oxygens (including phenoxy) is 1. The molecule has 0 heterocycles. The number of hydrogen-bond donors (Lipinski definition) is 2. The molecule has 1 saturated carbocycles. The molecule has 0 unspecified atom stereocenters. The molecule has 0 aromatic heterocycles. The largest absolute Gasteiger partial charge is 0.482 e. The van der Waals surface area contributed by atoms with Crippen LogP contribution in [0.4, 0.5) is 10.5 Å². The van der Waals surface area contributed by atoms with E-state index in [-0.39, 0.29) is 24.1 Å². The number of likely N-dealkylation sites (N-methyl/N-ethyl adjacent to an activating group) is 1. The summed E-state index contributed by atoms with van der Waals surface area (Å²) in [6, 6.07) is 13.3. The van der Waals surface area contributed by atoms with Crippen LogP contribution in [0.15, 0.2) is 46.9 Å². The number of rotatable bonds is 6. The van der Waals surface area contributed by atoms with Gasteiger partial charge in [0.2, 0.25) is 0 Å². The number of amides is 3. The van der Waals surface area contributed by atoms with Gasteiger partial charge in [0.25, 0.3) is 5.91 Å². The molecule has 154 valence electrons. The summed E-state index contributed by atoms with van der Waals surface area (Å²) >= 11 is 3.45. The molecule has 0 bridgehead atoms. The Labute approximate surface area is 179 Å². The second kappa shape index (κ2) is 8.86. The summed E-state index contributed by atoms with van der Waals surface area (Å²) in [5.74, 6) is 0.326. The molecular formula is C22H26BrN3O3. The average Bonchev–Trinajstić information content (AvgIpc) is 2.65. The Morgan fingerprint density at radius 1 is 1.14 bits per heavy atom. The predicted octanol–water partition coefficient (Wildman–Crippen LogP) is 4.43. The average molecular weight is 460 g/mol. The Balaban J connectivity index is 1.71. The summed E-state index contributed by atoms with van der Waals surface area (Å²) in [5, 5.41) is 6.03. The third kappa shape index (κ3) is 5.09. The van der Waals surface area contributed by atoms with Crippen LogP contribution < -0.4 is 15.4 Å². The number of anilines is 1. The highest BCUT2D eigenvalue weighted by Gasteiger charge is 2.40. The van der Waals surface area contributed by atoms with E-state index in [1.165, 1.54) is 4.90 Å². The van der Waals surface area contributed by atoms with E-state index in [1.807, 2.05) is 43.3 Å². The van der Waals surface area contributed by atoms with Crippen LogP contribution in [0.2, 0.25) is 0 Å². The number of carbonyl (C=O) groups is 2. The predicted molar refractivity (Wildman–Crippen MR) is 117 cm³/mol.